The van der Waals surface area contributed by atoms with Crippen LogP contribution in [0.2, 0.25) is 0 Å². The molecule has 0 spiro atoms. The quantitative estimate of drug-likeness (QED) is 0.901. The number of aryl methyl sites for hydroxylation is 1. The van der Waals surface area contributed by atoms with E-state index in [-0.39, 0.29) is 23.5 Å². The van der Waals surface area contributed by atoms with Gasteiger partial charge in [-0.2, -0.15) is 0 Å². The van der Waals surface area contributed by atoms with Gasteiger partial charge in [-0.25, -0.2) is 9.37 Å². The number of carboxylic acid groups (broad SMARTS) is 1. The molecular formula is C19H21FN2O3. The van der Waals surface area contributed by atoms with Gasteiger partial charge in [-0.1, -0.05) is 12.1 Å². The molecule has 0 amide bonds. The van der Waals surface area contributed by atoms with Crippen LogP contribution in [0.5, 0.6) is 0 Å². The van der Waals surface area contributed by atoms with Gasteiger partial charge in [0, 0.05) is 19.6 Å². The summed E-state index contributed by atoms with van der Waals surface area (Å²) in [5.41, 5.74) is 1.09. The highest BCUT2D eigenvalue weighted by atomic mass is 19.1. The van der Waals surface area contributed by atoms with Crippen molar-refractivity contribution < 1.29 is 18.7 Å². The molecular weight excluding hydrogens is 323 g/mol. The first-order chi connectivity index (χ1) is 12.0. The van der Waals surface area contributed by atoms with Crippen LogP contribution < -0.4 is 0 Å². The van der Waals surface area contributed by atoms with E-state index in [0.717, 1.165) is 25.1 Å². The first kappa shape index (κ1) is 16.3. The number of benzene rings is 1. The normalized spacial score (nSPS) is 23.9. The van der Waals surface area contributed by atoms with Crippen LogP contribution >= 0.6 is 0 Å². The minimum absolute atomic E-state index is 0.232. The van der Waals surface area contributed by atoms with Crippen molar-refractivity contribution in [1.82, 2.24) is 9.88 Å². The fraction of sp³-hybridized carbons (Fsp3) is 0.474. The zero-order chi connectivity index (χ0) is 17.6. The highest BCUT2D eigenvalue weighted by Crippen LogP contribution is 2.44. The third-order valence-electron chi connectivity index (χ3n) is 5.36. The Morgan fingerprint density at radius 3 is 2.80 bits per heavy atom. The van der Waals surface area contributed by atoms with Gasteiger partial charge in [0.15, 0.2) is 0 Å². The van der Waals surface area contributed by atoms with E-state index < -0.39 is 5.97 Å². The van der Waals surface area contributed by atoms with Crippen LogP contribution in [0.15, 0.2) is 28.7 Å². The van der Waals surface area contributed by atoms with Gasteiger partial charge in [0.25, 0.3) is 0 Å². The Bertz CT molecular complexity index is 800. The fourth-order valence-corrected chi connectivity index (χ4v) is 3.84. The molecule has 1 N–H and O–H groups in total. The Morgan fingerprint density at radius 2 is 2.12 bits per heavy atom. The molecule has 2 heterocycles. The van der Waals surface area contributed by atoms with Crippen LogP contribution in [-0.4, -0.2) is 34.0 Å². The summed E-state index contributed by atoms with van der Waals surface area (Å²) in [5.74, 6) is 0.345. The minimum Gasteiger partial charge on any atom is -0.481 e. The largest absolute Gasteiger partial charge is 0.481 e. The lowest BCUT2D eigenvalue weighted by atomic mass is 9.92. The van der Waals surface area contributed by atoms with Gasteiger partial charge in [-0.05, 0) is 43.7 Å². The number of aromatic nitrogens is 1. The van der Waals surface area contributed by atoms with E-state index in [1.54, 1.807) is 18.2 Å². The number of aliphatic carboxylic acids is 1. The molecule has 2 aliphatic rings. The van der Waals surface area contributed by atoms with E-state index in [1.165, 1.54) is 6.07 Å². The number of nitrogens with zero attached hydrogens (tertiary/aromatic N) is 2. The third-order valence-corrected chi connectivity index (χ3v) is 5.36. The lowest BCUT2D eigenvalue weighted by molar-refractivity contribution is -0.142. The predicted octanol–water partition coefficient (Wildman–Crippen LogP) is 3.33. The van der Waals surface area contributed by atoms with Crippen LogP contribution in [0.4, 0.5) is 4.39 Å². The molecule has 1 aromatic carbocycles. The Balaban J connectivity index is 1.52. The van der Waals surface area contributed by atoms with E-state index in [9.17, 15) is 14.3 Å². The van der Waals surface area contributed by atoms with Crippen molar-refractivity contribution >= 4 is 5.97 Å². The van der Waals surface area contributed by atoms with Crippen LogP contribution in [0.1, 0.15) is 24.3 Å². The molecule has 0 radical (unpaired) electrons. The van der Waals surface area contributed by atoms with Crippen molar-refractivity contribution in [2.45, 2.75) is 26.3 Å². The lowest BCUT2D eigenvalue weighted by Gasteiger charge is -2.14. The van der Waals surface area contributed by atoms with Crippen LogP contribution in [0.25, 0.3) is 11.5 Å². The maximum Gasteiger partial charge on any atom is 0.308 e. The van der Waals surface area contributed by atoms with E-state index >= 15 is 0 Å². The average molecular weight is 344 g/mol. The number of rotatable bonds is 5. The van der Waals surface area contributed by atoms with E-state index in [0.29, 0.717) is 30.3 Å². The molecule has 25 heavy (non-hydrogen) atoms. The number of likely N-dealkylation sites (tertiary alicyclic amines) is 1. The van der Waals surface area contributed by atoms with Crippen molar-refractivity contribution in [3.63, 3.8) is 0 Å². The van der Waals surface area contributed by atoms with Crippen molar-refractivity contribution in [3.8, 4) is 11.5 Å². The van der Waals surface area contributed by atoms with Crippen molar-refractivity contribution in [1.29, 1.82) is 0 Å². The highest BCUT2D eigenvalue weighted by Gasteiger charge is 2.45. The van der Waals surface area contributed by atoms with Gasteiger partial charge in [0.1, 0.15) is 11.6 Å². The molecule has 1 saturated heterocycles. The molecule has 6 heteroatoms. The summed E-state index contributed by atoms with van der Waals surface area (Å²) in [4.78, 5) is 18.1. The average Bonchev–Trinajstić information content (AvgIpc) is 3.24. The standard InChI is InChI=1S/C19H21FN2O3/c1-11-17(21-18(25-11)13-4-2-3-5-16(13)20)10-22-8-14(12-6-7-12)15(9-22)19(23)24/h2-5,12,14-15H,6-10H2,1H3,(H,23,24)/t14-,15+/m1/s1. The Kier molecular flexibility index (Phi) is 4.07. The molecule has 132 valence electrons. The number of carboxylic acids is 1. The zero-order valence-electron chi connectivity index (χ0n) is 14.1. The van der Waals surface area contributed by atoms with Gasteiger partial charge in [-0.15, -0.1) is 0 Å². The van der Waals surface area contributed by atoms with Crippen molar-refractivity contribution in [3.05, 3.63) is 41.5 Å². The summed E-state index contributed by atoms with van der Waals surface area (Å²) in [6, 6.07) is 6.40. The van der Waals surface area contributed by atoms with E-state index in [4.69, 9.17) is 4.42 Å². The van der Waals surface area contributed by atoms with Crippen LogP contribution in [0.3, 0.4) is 0 Å². The SMILES string of the molecule is Cc1oc(-c2ccccc2F)nc1CN1C[C@H](C(=O)O)[C@@H](C2CC2)C1. The summed E-state index contributed by atoms with van der Waals surface area (Å²) in [6.45, 7) is 3.67. The highest BCUT2D eigenvalue weighted by molar-refractivity contribution is 5.71. The number of hydrogen-bond acceptors (Lipinski definition) is 4. The fourth-order valence-electron chi connectivity index (χ4n) is 3.84. The van der Waals surface area contributed by atoms with Gasteiger partial charge >= 0.3 is 5.97 Å². The summed E-state index contributed by atoms with van der Waals surface area (Å²) in [5, 5.41) is 9.48. The molecule has 2 aromatic rings. The molecule has 4 rings (SSSR count). The maximum absolute atomic E-state index is 13.9. The summed E-state index contributed by atoms with van der Waals surface area (Å²) < 4.78 is 19.6. The number of hydrogen-bond donors (Lipinski definition) is 1. The summed E-state index contributed by atoms with van der Waals surface area (Å²) in [6.07, 6.45) is 2.28. The number of halogens is 1. The Labute approximate surface area is 145 Å². The van der Waals surface area contributed by atoms with E-state index in [2.05, 4.69) is 9.88 Å². The second kappa shape index (κ2) is 6.26. The van der Waals surface area contributed by atoms with Crippen molar-refractivity contribution in [2.24, 2.45) is 17.8 Å². The van der Waals surface area contributed by atoms with Gasteiger partial charge in [0.2, 0.25) is 5.89 Å². The molecule has 0 bridgehead atoms. The maximum atomic E-state index is 13.9. The van der Waals surface area contributed by atoms with Gasteiger partial charge < -0.3 is 9.52 Å². The molecule has 1 saturated carbocycles. The van der Waals surface area contributed by atoms with Crippen LogP contribution in [0, 0.1) is 30.5 Å². The van der Waals surface area contributed by atoms with Gasteiger partial charge in [0.05, 0.1) is 17.2 Å². The smallest absolute Gasteiger partial charge is 0.308 e. The van der Waals surface area contributed by atoms with Crippen molar-refractivity contribution in [2.75, 3.05) is 13.1 Å². The van der Waals surface area contributed by atoms with Gasteiger partial charge in [-0.3, -0.25) is 9.69 Å². The first-order valence-electron chi connectivity index (χ1n) is 8.69. The predicted molar refractivity (Wildman–Crippen MR) is 89.3 cm³/mol. The number of carbonyl (C=O) groups is 1. The molecule has 5 nitrogen and oxygen atoms in total. The second-order valence-electron chi connectivity index (χ2n) is 7.14. The minimum atomic E-state index is -0.705. The Hall–Kier alpha value is -2.21. The summed E-state index contributed by atoms with van der Waals surface area (Å²) >= 11 is 0. The third kappa shape index (κ3) is 3.18. The van der Waals surface area contributed by atoms with Crippen LogP contribution in [-0.2, 0) is 11.3 Å². The molecule has 1 aromatic heterocycles. The Morgan fingerprint density at radius 1 is 1.36 bits per heavy atom. The molecule has 2 fully saturated rings. The molecule has 1 aliphatic carbocycles. The zero-order valence-corrected chi connectivity index (χ0v) is 14.1. The second-order valence-corrected chi connectivity index (χ2v) is 7.14. The molecule has 1 aliphatic heterocycles. The lowest BCUT2D eigenvalue weighted by Crippen LogP contribution is -2.24. The van der Waals surface area contributed by atoms with E-state index in [1.807, 2.05) is 6.92 Å². The molecule has 0 unspecified atom stereocenters. The first-order valence-corrected chi connectivity index (χ1v) is 8.69. The monoisotopic (exact) mass is 344 g/mol. The number of oxazole rings is 1. The topological polar surface area (TPSA) is 66.6 Å². The summed E-state index contributed by atoms with van der Waals surface area (Å²) in [7, 11) is 0. The molecule has 2 atom stereocenters.